The van der Waals surface area contributed by atoms with E-state index < -0.39 is 0 Å². The second-order valence-electron chi connectivity index (χ2n) is 4.93. The molecule has 0 saturated heterocycles. The number of carbonyl (C=O) groups is 1. The van der Waals surface area contributed by atoms with Crippen molar-refractivity contribution in [2.24, 2.45) is 0 Å². The molecule has 0 atom stereocenters. The molecule has 0 bridgehead atoms. The Labute approximate surface area is 133 Å². The Morgan fingerprint density at radius 1 is 1.18 bits per heavy atom. The van der Waals surface area contributed by atoms with Crippen LogP contribution in [0, 0.1) is 0 Å². The van der Waals surface area contributed by atoms with Crippen LogP contribution in [-0.4, -0.2) is 15.5 Å². The minimum absolute atomic E-state index is 0.0485. The highest BCUT2D eigenvalue weighted by Crippen LogP contribution is 2.09. The summed E-state index contributed by atoms with van der Waals surface area (Å²) in [6.45, 7) is 1.30. The first-order valence-electron chi connectivity index (χ1n) is 7.18. The zero-order valence-corrected chi connectivity index (χ0v) is 12.9. The van der Waals surface area contributed by atoms with Gasteiger partial charge >= 0.3 is 0 Å². The lowest BCUT2D eigenvalue weighted by atomic mass is 10.1. The van der Waals surface area contributed by atoms with E-state index in [1.165, 1.54) is 16.9 Å². The fourth-order valence-corrected chi connectivity index (χ4v) is 2.90. The lowest BCUT2D eigenvalue weighted by Crippen LogP contribution is -2.24. The number of rotatable bonds is 6. The summed E-state index contributed by atoms with van der Waals surface area (Å²) in [5.74, 6) is 0.827. The largest absolute Gasteiger partial charge is 0.344 e. The summed E-state index contributed by atoms with van der Waals surface area (Å²) in [4.78, 5) is 17.0. The van der Waals surface area contributed by atoms with Gasteiger partial charge in [-0.25, -0.2) is 4.98 Å². The van der Waals surface area contributed by atoms with Gasteiger partial charge < -0.3 is 9.88 Å². The Balaban J connectivity index is 1.57. The normalized spacial score (nSPS) is 10.5. The highest BCUT2D eigenvalue weighted by atomic mass is 32.1. The van der Waals surface area contributed by atoms with E-state index in [4.69, 9.17) is 0 Å². The van der Waals surface area contributed by atoms with Gasteiger partial charge in [-0.2, -0.15) is 0 Å². The lowest BCUT2D eigenvalue weighted by molar-refractivity contribution is 0.0953. The summed E-state index contributed by atoms with van der Waals surface area (Å²) < 4.78 is 2.09. The van der Waals surface area contributed by atoms with Gasteiger partial charge in [0.15, 0.2) is 0 Å². The minimum Gasteiger partial charge on any atom is -0.344 e. The summed E-state index contributed by atoms with van der Waals surface area (Å²) in [6, 6.07) is 14.1. The predicted octanol–water partition coefficient (Wildman–Crippen LogP) is 3.12. The lowest BCUT2D eigenvalue weighted by Gasteiger charge is -2.09. The van der Waals surface area contributed by atoms with Crippen molar-refractivity contribution in [1.82, 2.24) is 14.9 Å². The van der Waals surface area contributed by atoms with E-state index in [0.717, 1.165) is 23.7 Å². The van der Waals surface area contributed by atoms with E-state index in [1.54, 1.807) is 6.20 Å². The topological polar surface area (TPSA) is 46.9 Å². The molecule has 0 aliphatic carbocycles. The SMILES string of the molecule is O=C(NCc1nccn1CCc1ccccc1)c1cccs1. The first-order valence-corrected chi connectivity index (χ1v) is 8.06. The van der Waals surface area contributed by atoms with E-state index in [1.807, 2.05) is 41.9 Å². The number of benzene rings is 1. The molecule has 4 nitrogen and oxygen atoms in total. The van der Waals surface area contributed by atoms with Crippen molar-refractivity contribution < 1.29 is 4.79 Å². The number of thiophene rings is 1. The smallest absolute Gasteiger partial charge is 0.261 e. The molecule has 2 aromatic heterocycles. The van der Waals surface area contributed by atoms with Crippen molar-refractivity contribution in [2.75, 3.05) is 0 Å². The third kappa shape index (κ3) is 3.62. The summed E-state index contributed by atoms with van der Waals surface area (Å²) in [7, 11) is 0. The standard InChI is InChI=1S/C17H17N3OS/c21-17(15-7-4-12-22-15)19-13-16-18-9-11-20(16)10-8-14-5-2-1-3-6-14/h1-7,9,11-12H,8,10,13H2,(H,19,21). The maximum Gasteiger partial charge on any atom is 0.261 e. The van der Waals surface area contributed by atoms with Crippen LogP contribution in [0.25, 0.3) is 0 Å². The van der Waals surface area contributed by atoms with Crippen LogP contribution < -0.4 is 5.32 Å². The average molecular weight is 311 g/mol. The number of carbonyl (C=O) groups excluding carboxylic acids is 1. The molecule has 0 aliphatic heterocycles. The highest BCUT2D eigenvalue weighted by Gasteiger charge is 2.08. The first kappa shape index (κ1) is 14.5. The zero-order valence-electron chi connectivity index (χ0n) is 12.1. The number of amides is 1. The molecule has 112 valence electrons. The molecule has 1 amide bonds. The second-order valence-corrected chi connectivity index (χ2v) is 5.88. The first-order chi connectivity index (χ1) is 10.8. The number of imidazole rings is 1. The van der Waals surface area contributed by atoms with Gasteiger partial charge in [0.2, 0.25) is 0 Å². The molecule has 22 heavy (non-hydrogen) atoms. The molecule has 0 fully saturated rings. The Kier molecular flexibility index (Phi) is 4.65. The van der Waals surface area contributed by atoms with Crippen molar-refractivity contribution in [2.45, 2.75) is 19.5 Å². The molecule has 3 aromatic rings. The monoisotopic (exact) mass is 311 g/mol. The maximum absolute atomic E-state index is 12.0. The van der Waals surface area contributed by atoms with Gasteiger partial charge in [0.05, 0.1) is 11.4 Å². The van der Waals surface area contributed by atoms with E-state index >= 15 is 0 Å². The summed E-state index contributed by atoms with van der Waals surface area (Å²) in [5, 5.41) is 4.81. The number of aryl methyl sites for hydroxylation is 2. The fourth-order valence-electron chi connectivity index (χ4n) is 2.26. The Bertz CT molecular complexity index is 719. The van der Waals surface area contributed by atoms with Crippen LogP contribution in [0.1, 0.15) is 21.1 Å². The molecule has 0 spiro atoms. The van der Waals surface area contributed by atoms with Crippen LogP contribution in [0.15, 0.2) is 60.2 Å². The van der Waals surface area contributed by atoms with Crippen molar-refractivity contribution in [1.29, 1.82) is 0 Å². The highest BCUT2D eigenvalue weighted by molar-refractivity contribution is 7.12. The molecule has 0 unspecified atom stereocenters. The molecular formula is C17H17N3OS. The van der Waals surface area contributed by atoms with Gasteiger partial charge in [0.1, 0.15) is 5.82 Å². The summed E-state index contributed by atoms with van der Waals surface area (Å²) in [5.41, 5.74) is 1.30. The molecule has 2 heterocycles. The molecule has 0 saturated carbocycles. The van der Waals surface area contributed by atoms with E-state index in [0.29, 0.717) is 6.54 Å². The number of nitrogens with zero attached hydrogens (tertiary/aromatic N) is 2. The van der Waals surface area contributed by atoms with Crippen LogP contribution >= 0.6 is 11.3 Å². The molecule has 1 N–H and O–H groups in total. The van der Waals surface area contributed by atoms with Crippen LogP contribution in [0.4, 0.5) is 0 Å². The molecule has 0 aliphatic rings. The Morgan fingerprint density at radius 2 is 2.05 bits per heavy atom. The van der Waals surface area contributed by atoms with Crippen molar-refractivity contribution >= 4 is 17.2 Å². The van der Waals surface area contributed by atoms with Gasteiger partial charge in [-0.05, 0) is 23.4 Å². The van der Waals surface area contributed by atoms with Gasteiger partial charge in [-0.3, -0.25) is 4.79 Å². The van der Waals surface area contributed by atoms with Crippen molar-refractivity contribution in [3.05, 3.63) is 76.5 Å². The number of nitrogens with one attached hydrogen (secondary N) is 1. The third-order valence-electron chi connectivity index (χ3n) is 3.44. The van der Waals surface area contributed by atoms with Gasteiger partial charge in [-0.1, -0.05) is 36.4 Å². The summed E-state index contributed by atoms with van der Waals surface area (Å²) >= 11 is 1.44. The van der Waals surface area contributed by atoms with Gasteiger partial charge in [-0.15, -0.1) is 11.3 Å². The van der Waals surface area contributed by atoms with E-state index in [9.17, 15) is 4.79 Å². The fraction of sp³-hybridized carbons (Fsp3) is 0.176. The minimum atomic E-state index is -0.0485. The maximum atomic E-state index is 12.0. The molecular weight excluding hydrogens is 294 g/mol. The van der Waals surface area contributed by atoms with Crippen molar-refractivity contribution in [3.63, 3.8) is 0 Å². The number of hydrogen-bond acceptors (Lipinski definition) is 3. The van der Waals surface area contributed by atoms with Crippen LogP contribution in [0.2, 0.25) is 0 Å². The van der Waals surface area contributed by atoms with Crippen LogP contribution in [0.3, 0.4) is 0 Å². The number of hydrogen-bond donors (Lipinski definition) is 1. The zero-order chi connectivity index (χ0) is 15.2. The molecule has 3 rings (SSSR count). The molecule has 1 aromatic carbocycles. The molecule has 5 heteroatoms. The van der Waals surface area contributed by atoms with Crippen molar-refractivity contribution in [3.8, 4) is 0 Å². The third-order valence-corrected chi connectivity index (χ3v) is 4.31. The Hall–Kier alpha value is -2.40. The van der Waals surface area contributed by atoms with E-state index in [2.05, 4.69) is 27.0 Å². The van der Waals surface area contributed by atoms with Crippen LogP contribution in [0.5, 0.6) is 0 Å². The summed E-state index contributed by atoms with van der Waals surface area (Å²) in [6.07, 6.45) is 4.68. The molecule has 0 radical (unpaired) electrons. The van der Waals surface area contributed by atoms with Crippen LogP contribution in [-0.2, 0) is 19.5 Å². The second kappa shape index (κ2) is 7.04. The Morgan fingerprint density at radius 3 is 2.82 bits per heavy atom. The average Bonchev–Trinajstić information content (AvgIpc) is 3.23. The van der Waals surface area contributed by atoms with Gasteiger partial charge in [0, 0.05) is 18.9 Å². The van der Waals surface area contributed by atoms with Gasteiger partial charge in [0.25, 0.3) is 5.91 Å². The quantitative estimate of drug-likeness (QED) is 0.760. The van der Waals surface area contributed by atoms with E-state index in [-0.39, 0.29) is 5.91 Å². The number of aromatic nitrogens is 2. The predicted molar refractivity (Wildman–Crippen MR) is 87.9 cm³/mol.